The van der Waals surface area contributed by atoms with Crippen molar-refractivity contribution in [2.75, 3.05) is 7.11 Å². The van der Waals surface area contributed by atoms with Crippen molar-refractivity contribution in [1.82, 2.24) is 14.8 Å². The Balaban J connectivity index is 1.71. The van der Waals surface area contributed by atoms with E-state index in [0.717, 1.165) is 27.3 Å². The van der Waals surface area contributed by atoms with Crippen molar-refractivity contribution in [2.45, 2.75) is 31.0 Å². The molecule has 0 N–H and O–H groups in total. The van der Waals surface area contributed by atoms with Crippen molar-refractivity contribution >= 4 is 23.4 Å². The number of aromatic nitrogens is 3. The highest BCUT2D eigenvalue weighted by Crippen LogP contribution is 2.29. The first-order chi connectivity index (χ1) is 13.6. The standard InChI is InChI=1S/C21H22ClN3O2S/c1-4-11-25-20(13-27-18-10-5-15(2)12-19(18)26-3)23-24-21(25)28-14-16-6-8-17(22)9-7-16/h4-10,12H,1,11,13-14H2,2-3H3. The first kappa shape index (κ1) is 20.3. The highest BCUT2D eigenvalue weighted by atomic mass is 35.5. The predicted octanol–water partition coefficient (Wildman–Crippen LogP) is 5.31. The fraction of sp³-hybridized carbons (Fsp3) is 0.238. The van der Waals surface area contributed by atoms with Crippen LogP contribution < -0.4 is 9.47 Å². The van der Waals surface area contributed by atoms with Crippen LogP contribution in [0.25, 0.3) is 0 Å². The molecule has 28 heavy (non-hydrogen) atoms. The topological polar surface area (TPSA) is 49.2 Å². The number of methoxy groups -OCH3 is 1. The number of thioether (sulfide) groups is 1. The van der Waals surface area contributed by atoms with E-state index in [-0.39, 0.29) is 0 Å². The first-order valence-electron chi connectivity index (χ1n) is 8.78. The molecule has 0 bridgehead atoms. The lowest BCUT2D eigenvalue weighted by Crippen LogP contribution is -2.08. The van der Waals surface area contributed by atoms with Crippen LogP contribution in [0.3, 0.4) is 0 Å². The van der Waals surface area contributed by atoms with Crippen molar-refractivity contribution in [2.24, 2.45) is 0 Å². The van der Waals surface area contributed by atoms with Gasteiger partial charge in [-0.2, -0.15) is 0 Å². The average molecular weight is 416 g/mol. The van der Waals surface area contributed by atoms with Gasteiger partial charge in [-0.25, -0.2) is 0 Å². The van der Waals surface area contributed by atoms with E-state index in [9.17, 15) is 0 Å². The maximum absolute atomic E-state index is 5.95. The number of benzene rings is 2. The molecule has 0 aliphatic carbocycles. The average Bonchev–Trinajstić information content (AvgIpc) is 3.08. The van der Waals surface area contributed by atoms with Gasteiger partial charge in [-0.05, 0) is 42.3 Å². The normalized spacial score (nSPS) is 10.7. The number of allylic oxidation sites excluding steroid dienone is 1. The quantitative estimate of drug-likeness (QED) is 0.350. The molecule has 0 saturated carbocycles. The van der Waals surface area contributed by atoms with Crippen LogP contribution in [0.1, 0.15) is 17.0 Å². The smallest absolute Gasteiger partial charge is 0.191 e. The molecule has 3 rings (SSSR count). The van der Waals surface area contributed by atoms with Crippen LogP contribution in [0.5, 0.6) is 11.5 Å². The third kappa shape index (κ3) is 5.09. The van der Waals surface area contributed by atoms with Crippen LogP contribution in [0.2, 0.25) is 5.02 Å². The van der Waals surface area contributed by atoms with Gasteiger partial charge in [0, 0.05) is 17.3 Å². The highest BCUT2D eigenvalue weighted by Gasteiger charge is 2.14. The summed E-state index contributed by atoms with van der Waals surface area (Å²) in [5.74, 6) is 2.89. The third-order valence-corrected chi connectivity index (χ3v) is 5.35. The molecule has 0 amide bonds. The minimum Gasteiger partial charge on any atom is -0.493 e. The van der Waals surface area contributed by atoms with E-state index in [0.29, 0.717) is 24.7 Å². The zero-order valence-corrected chi connectivity index (χ0v) is 17.5. The van der Waals surface area contributed by atoms with Gasteiger partial charge in [-0.1, -0.05) is 47.6 Å². The highest BCUT2D eigenvalue weighted by molar-refractivity contribution is 7.98. The lowest BCUT2D eigenvalue weighted by molar-refractivity contribution is 0.271. The predicted molar refractivity (Wildman–Crippen MR) is 113 cm³/mol. The second-order valence-corrected chi connectivity index (χ2v) is 7.54. The summed E-state index contributed by atoms with van der Waals surface area (Å²) in [6.07, 6.45) is 1.83. The zero-order chi connectivity index (χ0) is 19.9. The number of rotatable bonds is 9. The molecule has 0 aliphatic heterocycles. The van der Waals surface area contributed by atoms with E-state index in [1.54, 1.807) is 18.9 Å². The second-order valence-electron chi connectivity index (χ2n) is 6.16. The van der Waals surface area contributed by atoms with E-state index >= 15 is 0 Å². The lowest BCUT2D eigenvalue weighted by Gasteiger charge is -2.12. The molecule has 0 unspecified atom stereocenters. The third-order valence-electron chi connectivity index (χ3n) is 4.06. The molecule has 7 heteroatoms. The molecule has 0 saturated heterocycles. The summed E-state index contributed by atoms with van der Waals surface area (Å²) in [5, 5.41) is 10.2. The fourth-order valence-corrected chi connectivity index (χ4v) is 3.66. The van der Waals surface area contributed by atoms with Gasteiger partial charge >= 0.3 is 0 Å². The van der Waals surface area contributed by atoms with Gasteiger partial charge in [-0.15, -0.1) is 16.8 Å². The van der Waals surface area contributed by atoms with Crippen LogP contribution in [0.4, 0.5) is 0 Å². The molecule has 5 nitrogen and oxygen atoms in total. The molecule has 0 aliphatic rings. The van der Waals surface area contributed by atoms with Gasteiger partial charge in [0.1, 0.15) is 6.61 Å². The van der Waals surface area contributed by atoms with Crippen molar-refractivity contribution in [3.63, 3.8) is 0 Å². The van der Waals surface area contributed by atoms with Gasteiger partial charge in [0.05, 0.1) is 7.11 Å². The molecule has 0 atom stereocenters. The second kappa shape index (κ2) is 9.66. The Bertz CT molecular complexity index is 941. The summed E-state index contributed by atoms with van der Waals surface area (Å²) in [6.45, 7) is 6.76. The Morgan fingerprint density at radius 1 is 1.14 bits per heavy atom. The summed E-state index contributed by atoms with van der Waals surface area (Å²) in [5.41, 5.74) is 2.28. The maximum atomic E-state index is 5.95. The largest absolute Gasteiger partial charge is 0.493 e. The molecule has 0 radical (unpaired) electrons. The van der Waals surface area contributed by atoms with Gasteiger partial charge in [0.25, 0.3) is 0 Å². The summed E-state index contributed by atoms with van der Waals surface area (Å²) >= 11 is 7.56. The summed E-state index contributed by atoms with van der Waals surface area (Å²) in [4.78, 5) is 0. The molecule has 0 spiro atoms. The van der Waals surface area contributed by atoms with Crippen LogP contribution in [0.15, 0.2) is 60.3 Å². The molecular weight excluding hydrogens is 394 g/mol. The Labute approximate surface area is 174 Å². The Kier molecular flexibility index (Phi) is 7.01. The SMILES string of the molecule is C=CCn1c(COc2ccc(C)cc2OC)nnc1SCc1ccc(Cl)cc1. The number of aryl methyl sites for hydroxylation is 1. The molecular formula is C21H22ClN3O2S. The maximum Gasteiger partial charge on any atom is 0.191 e. The van der Waals surface area contributed by atoms with E-state index in [1.807, 2.05) is 60.0 Å². The van der Waals surface area contributed by atoms with Gasteiger partial charge in [0.15, 0.2) is 22.5 Å². The molecule has 146 valence electrons. The monoisotopic (exact) mass is 415 g/mol. The van der Waals surface area contributed by atoms with E-state index in [2.05, 4.69) is 16.8 Å². The summed E-state index contributed by atoms with van der Waals surface area (Å²) < 4.78 is 13.3. The number of nitrogens with zero attached hydrogens (tertiary/aromatic N) is 3. The Hall–Kier alpha value is -2.44. The van der Waals surface area contributed by atoms with Gasteiger partial charge in [0.2, 0.25) is 0 Å². The fourth-order valence-electron chi connectivity index (χ4n) is 2.61. The van der Waals surface area contributed by atoms with Crippen LogP contribution in [-0.4, -0.2) is 21.9 Å². The van der Waals surface area contributed by atoms with Crippen LogP contribution in [0, 0.1) is 6.92 Å². The van der Waals surface area contributed by atoms with Crippen molar-refractivity contribution in [3.8, 4) is 11.5 Å². The summed E-state index contributed by atoms with van der Waals surface area (Å²) in [7, 11) is 1.63. The zero-order valence-electron chi connectivity index (χ0n) is 15.9. The Morgan fingerprint density at radius 2 is 1.93 bits per heavy atom. The number of hydrogen-bond acceptors (Lipinski definition) is 5. The van der Waals surface area contributed by atoms with Crippen molar-refractivity contribution in [3.05, 3.63) is 77.1 Å². The van der Waals surface area contributed by atoms with Crippen molar-refractivity contribution < 1.29 is 9.47 Å². The van der Waals surface area contributed by atoms with E-state index in [4.69, 9.17) is 21.1 Å². The molecule has 2 aromatic carbocycles. The lowest BCUT2D eigenvalue weighted by atomic mass is 10.2. The minimum atomic E-state index is 0.293. The van der Waals surface area contributed by atoms with Gasteiger partial charge in [-0.3, -0.25) is 4.57 Å². The number of ether oxygens (including phenoxy) is 2. The first-order valence-corrected chi connectivity index (χ1v) is 10.1. The Morgan fingerprint density at radius 3 is 2.64 bits per heavy atom. The molecule has 1 aromatic heterocycles. The minimum absolute atomic E-state index is 0.293. The van der Waals surface area contributed by atoms with E-state index < -0.39 is 0 Å². The molecule has 0 fully saturated rings. The molecule has 3 aromatic rings. The van der Waals surface area contributed by atoms with Crippen LogP contribution >= 0.6 is 23.4 Å². The number of hydrogen-bond donors (Lipinski definition) is 0. The molecule has 1 heterocycles. The summed E-state index contributed by atoms with van der Waals surface area (Å²) in [6, 6.07) is 13.6. The number of halogens is 1. The van der Waals surface area contributed by atoms with E-state index in [1.165, 1.54) is 5.56 Å². The van der Waals surface area contributed by atoms with Crippen LogP contribution in [-0.2, 0) is 18.9 Å². The van der Waals surface area contributed by atoms with Crippen molar-refractivity contribution in [1.29, 1.82) is 0 Å². The van der Waals surface area contributed by atoms with Gasteiger partial charge < -0.3 is 9.47 Å².